The van der Waals surface area contributed by atoms with Crippen LogP contribution in [0.4, 0.5) is 0 Å². The van der Waals surface area contributed by atoms with Crippen LogP contribution in [0.3, 0.4) is 0 Å². The summed E-state index contributed by atoms with van der Waals surface area (Å²) in [4.78, 5) is 12.2. The summed E-state index contributed by atoms with van der Waals surface area (Å²) in [5, 5.41) is 0.551. The summed E-state index contributed by atoms with van der Waals surface area (Å²) in [6, 6.07) is 0. The molecule has 0 aliphatic carbocycles. The minimum atomic E-state index is -0.0638. The van der Waals surface area contributed by atoms with Crippen molar-refractivity contribution in [2.45, 2.75) is 0 Å². The van der Waals surface area contributed by atoms with E-state index in [1.807, 2.05) is 0 Å². The maximum absolute atomic E-state index is 10.5. The lowest BCUT2D eigenvalue weighted by molar-refractivity contribution is -0.122. The number of likely N-dealkylation sites (N-methyl/N-ethyl adjacent to an activating group) is 1. The number of carbonyl (C=O) groups excluding carboxylic acids is 1. The van der Waals surface area contributed by atoms with E-state index in [1.54, 1.807) is 11.9 Å². The average molecular weight is 145 g/mol. The number of rotatable bonds is 0. The Labute approximate surface area is 58.2 Å². The molecular weight excluding hydrogens is 138 g/mol. The number of nitrogens with one attached hydrogen (secondary N) is 2. The van der Waals surface area contributed by atoms with Crippen molar-refractivity contribution in [1.82, 2.24) is 15.8 Å². The molecule has 2 N–H and O–H groups in total. The third kappa shape index (κ3) is 1.29. The van der Waals surface area contributed by atoms with Crippen molar-refractivity contribution in [3.8, 4) is 0 Å². The summed E-state index contributed by atoms with van der Waals surface area (Å²) in [7, 11) is 1.76. The van der Waals surface area contributed by atoms with Crippen LogP contribution in [-0.4, -0.2) is 29.5 Å². The summed E-state index contributed by atoms with van der Waals surface area (Å²) in [5.74, 6) is -0.0638. The maximum atomic E-state index is 10.5. The van der Waals surface area contributed by atoms with Gasteiger partial charge in [0.05, 0.1) is 0 Å². The van der Waals surface area contributed by atoms with Gasteiger partial charge in [-0.1, -0.05) is 0 Å². The lowest BCUT2D eigenvalue weighted by Gasteiger charge is -2.25. The molecule has 0 aromatic carbocycles. The van der Waals surface area contributed by atoms with Crippen molar-refractivity contribution in [2.75, 3.05) is 13.6 Å². The van der Waals surface area contributed by atoms with Crippen LogP contribution < -0.4 is 10.9 Å². The molecule has 0 unspecified atom stereocenters. The van der Waals surface area contributed by atoms with Crippen LogP contribution in [0, 0.1) is 0 Å². The summed E-state index contributed by atoms with van der Waals surface area (Å²) < 4.78 is 0. The van der Waals surface area contributed by atoms with Gasteiger partial charge in [0.1, 0.15) is 6.54 Å². The summed E-state index contributed by atoms with van der Waals surface area (Å²) in [6.07, 6.45) is 0. The number of carbonyl (C=O) groups is 1. The first-order valence-corrected chi connectivity index (χ1v) is 2.91. The predicted molar refractivity (Wildman–Crippen MR) is 36.5 cm³/mol. The number of amides is 1. The van der Waals surface area contributed by atoms with Crippen molar-refractivity contribution in [3.63, 3.8) is 0 Å². The fourth-order valence-corrected chi connectivity index (χ4v) is 0.661. The molecule has 0 atom stereocenters. The molecule has 0 aromatic heterocycles. The standard InChI is InChI=1S/C4H7N3OS/c1-7-2-3(8)5-6-4(7)9/h2H2,1H3,(H,5,8)(H,6,9). The van der Waals surface area contributed by atoms with E-state index in [2.05, 4.69) is 10.9 Å². The van der Waals surface area contributed by atoms with Crippen molar-refractivity contribution in [2.24, 2.45) is 0 Å². The SMILES string of the molecule is CN1CC(=O)NNC1=S. The van der Waals surface area contributed by atoms with Crippen LogP contribution in [-0.2, 0) is 4.79 Å². The molecule has 0 aromatic rings. The Morgan fingerprint density at radius 1 is 1.67 bits per heavy atom. The van der Waals surface area contributed by atoms with E-state index in [0.717, 1.165) is 0 Å². The second-order valence-corrected chi connectivity index (χ2v) is 2.22. The number of thiocarbonyl (C=S) groups is 1. The molecule has 1 amide bonds. The first-order chi connectivity index (χ1) is 4.20. The normalized spacial score (nSPS) is 19.0. The largest absolute Gasteiger partial charge is 0.342 e. The fourth-order valence-electron chi connectivity index (χ4n) is 0.545. The Hall–Kier alpha value is -0.840. The molecule has 0 bridgehead atoms. The summed E-state index contributed by atoms with van der Waals surface area (Å²) in [6.45, 7) is 0.339. The second kappa shape index (κ2) is 2.18. The highest BCUT2D eigenvalue weighted by Crippen LogP contribution is 1.87. The highest BCUT2D eigenvalue weighted by molar-refractivity contribution is 7.80. The summed E-state index contributed by atoms with van der Waals surface area (Å²) >= 11 is 4.78. The zero-order valence-corrected chi connectivity index (χ0v) is 5.79. The molecule has 0 radical (unpaired) electrons. The van der Waals surface area contributed by atoms with E-state index < -0.39 is 0 Å². The van der Waals surface area contributed by atoms with E-state index >= 15 is 0 Å². The van der Waals surface area contributed by atoms with Crippen LogP contribution in [0.15, 0.2) is 0 Å². The molecule has 1 heterocycles. The molecule has 0 spiro atoms. The molecule has 9 heavy (non-hydrogen) atoms. The van der Waals surface area contributed by atoms with Gasteiger partial charge >= 0.3 is 0 Å². The third-order valence-corrected chi connectivity index (χ3v) is 1.45. The highest BCUT2D eigenvalue weighted by atomic mass is 32.1. The fraction of sp³-hybridized carbons (Fsp3) is 0.500. The van der Waals surface area contributed by atoms with Gasteiger partial charge in [-0.3, -0.25) is 15.6 Å². The van der Waals surface area contributed by atoms with Crippen molar-refractivity contribution < 1.29 is 4.79 Å². The zero-order chi connectivity index (χ0) is 6.85. The lowest BCUT2D eigenvalue weighted by Crippen LogP contribution is -2.56. The number of hydrazine groups is 1. The molecule has 1 aliphatic heterocycles. The Bertz CT molecular complexity index is 158. The van der Waals surface area contributed by atoms with Gasteiger partial charge in [-0.25, -0.2) is 0 Å². The molecular formula is C4H7N3OS. The average Bonchev–Trinajstić information content (AvgIpc) is 1.80. The van der Waals surface area contributed by atoms with Crippen molar-refractivity contribution >= 4 is 23.2 Å². The van der Waals surface area contributed by atoms with E-state index in [4.69, 9.17) is 12.2 Å². The highest BCUT2D eigenvalue weighted by Gasteiger charge is 2.14. The van der Waals surface area contributed by atoms with Gasteiger partial charge in [-0.15, -0.1) is 0 Å². The topological polar surface area (TPSA) is 44.4 Å². The van der Waals surface area contributed by atoms with Gasteiger partial charge in [0, 0.05) is 7.05 Å². The van der Waals surface area contributed by atoms with Crippen molar-refractivity contribution in [3.05, 3.63) is 0 Å². The molecule has 1 rings (SSSR count). The Morgan fingerprint density at radius 2 is 2.33 bits per heavy atom. The molecule has 0 saturated carbocycles. The first-order valence-electron chi connectivity index (χ1n) is 2.50. The third-order valence-electron chi connectivity index (χ3n) is 1.04. The smallest absolute Gasteiger partial charge is 0.257 e. The van der Waals surface area contributed by atoms with Crippen LogP contribution in [0.25, 0.3) is 0 Å². The first kappa shape index (κ1) is 6.28. The Kier molecular flexibility index (Phi) is 1.52. The van der Waals surface area contributed by atoms with Gasteiger partial charge in [-0.05, 0) is 12.2 Å². The van der Waals surface area contributed by atoms with Gasteiger partial charge in [0.2, 0.25) is 0 Å². The van der Waals surface area contributed by atoms with Crippen LogP contribution >= 0.6 is 12.2 Å². The minimum absolute atomic E-state index is 0.0638. The van der Waals surface area contributed by atoms with Gasteiger partial charge < -0.3 is 4.90 Å². The van der Waals surface area contributed by atoms with E-state index in [0.29, 0.717) is 11.7 Å². The monoisotopic (exact) mass is 145 g/mol. The minimum Gasteiger partial charge on any atom is -0.342 e. The van der Waals surface area contributed by atoms with E-state index in [-0.39, 0.29) is 5.91 Å². The molecule has 4 nitrogen and oxygen atoms in total. The quantitative estimate of drug-likeness (QED) is 0.422. The molecule has 1 saturated heterocycles. The van der Waals surface area contributed by atoms with Crippen LogP contribution in [0.1, 0.15) is 0 Å². The predicted octanol–water partition coefficient (Wildman–Crippen LogP) is -1.16. The van der Waals surface area contributed by atoms with E-state index in [9.17, 15) is 4.79 Å². The Morgan fingerprint density at radius 3 is 2.78 bits per heavy atom. The zero-order valence-electron chi connectivity index (χ0n) is 4.97. The molecule has 5 heteroatoms. The Balaban J connectivity index is 2.54. The number of hydrogen-bond donors (Lipinski definition) is 2. The number of hydrogen-bond acceptors (Lipinski definition) is 2. The van der Waals surface area contributed by atoms with Gasteiger partial charge in [-0.2, -0.15) is 0 Å². The molecule has 1 fully saturated rings. The van der Waals surface area contributed by atoms with Crippen molar-refractivity contribution in [1.29, 1.82) is 0 Å². The second-order valence-electron chi connectivity index (χ2n) is 1.83. The maximum Gasteiger partial charge on any atom is 0.257 e. The molecule has 50 valence electrons. The summed E-state index contributed by atoms with van der Waals surface area (Å²) in [5.41, 5.74) is 4.93. The van der Waals surface area contributed by atoms with Gasteiger partial charge in [0.15, 0.2) is 5.11 Å². The van der Waals surface area contributed by atoms with Crippen LogP contribution in [0.5, 0.6) is 0 Å². The lowest BCUT2D eigenvalue weighted by atomic mass is 10.5. The van der Waals surface area contributed by atoms with Gasteiger partial charge in [0.25, 0.3) is 5.91 Å². The van der Waals surface area contributed by atoms with Crippen LogP contribution in [0.2, 0.25) is 0 Å². The number of nitrogens with zero attached hydrogens (tertiary/aromatic N) is 1. The molecule has 1 aliphatic rings. The van der Waals surface area contributed by atoms with E-state index in [1.165, 1.54) is 0 Å².